The monoisotopic (exact) mass is 238 g/mol. The molecule has 5 heteroatoms. The number of carbonyl (C=O) groups is 1. The van der Waals surface area contributed by atoms with Crippen molar-refractivity contribution in [2.45, 2.75) is 45.8 Å². The maximum atomic E-state index is 11.5. The smallest absolute Gasteiger partial charge is 0.410 e. The second kappa shape index (κ2) is 5.56. The van der Waals surface area contributed by atoms with Gasteiger partial charge in [0, 0.05) is 19.1 Å². The third kappa shape index (κ3) is 9.82. The second-order valence-electron chi connectivity index (χ2n) is 5.32. The molecule has 0 aliphatic carbocycles. The van der Waals surface area contributed by atoms with E-state index in [1.54, 1.807) is 7.05 Å². The van der Waals surface area contributed by atoms with Gasteiger partial charge in [0.1, 0.15) is 5.60 Å². The molecule has 0 unspecified atom stereocenters. The molecule has 0 saturated carbocycles. The van der Waals surface area contributed by atoms with E-state index >= 15 is 0 Å². The number of nitrogens with zero attached hydrogens (tertiary/aromatic N) is 1. The van der Waals surface area contributed by atoms with E-state index in [0.29, 0.717) is 6.54 Å². The van der Waals surface area contributed by atoms with Crippen molar-refractivity contribution in [1.82, 2.24) is 4.90 Å². The van der Waals surface area contributed by atoms with E-state index in [9.17, 15) is 4.79 Å². The minimum absolute atomic E-state index is 0. The van der Waals surface area contributed by atoms with Crippen molar-refractivity contribution in [3.05, 3.63) is 0 Å². The summed E-state index contributed by atoms with van der Waals surface area (Å²) in [5.41, 5.74) is 4.94. The molecule has 0 aliphatic heterocycles. The highest BCUT2D eigenvalue weighted by atomic mass is 35.5. The van der Waals surface area contributed by atoms with Crippen molar-refractivity contribution in [2.24, 2.45) is 5.73 Å². The molecule has 92 valence electrons. The zero-order valence-corrected chi connectivity index (χ0v) is 11.3. The van der Waals surface area contributed by atoms with Crippen LogP contribution in [0.2, 0.25) is 0 Å². The zero-order valence-electron chi connectivity index (χ0n) is 10.5. The molecule has 0 heterocycles. The normalized spacial score (nSPS) is 11.7. The number of hydrogen-bond donors (Lipinski definition) is 1. The number of likely N-dealkylation sites (N-methyl/N-ethyl adjacent to an activating group) is 1. The number of ether oxygens (including phenoxy) is 1. The molecule has 2 N–H and O–H groups in total. The Bertz CT molecular complexity index is 206. The molecule has 0 saturated heterocycles. The van der Waals surface area contributed by atoms with Crippen molar-refractivity contribution in [1.29, 1.82) is 0 Å². The lowest BCUT2D eigenvalue weighted by Crippen LogP contribution is -2.47. The van der Waals surface area contributed by atoms with Gasteiger partial charge in [0.2, 0.25) is 0 Å². The first-order valence-corrected chi connectivity index (χ1v) is 4.74. The molecule has 0 atom stereocenters. The van der Waals surface area contributed by atoms with Gasteiger partial charge in [0.05, 0.1) is 0 Å². The summed E-state index contributed by atoms with van der Waals surface area (Å²) in [6, 6.07) is 0. The average molecular weight is 239 g/mol. The quantitative estimate of drug-likeness (QED) is 0.801. The van der Waals surface area contributed by atoms with Crippen molar-refractivity contribution < 1.29 is 9.53 Å². The van der Waals surface area contributed by atoms with Crippen LogP contribution in [-0.2, 0) is 4.74 Å². The van der Waals surface area contributed by atoms with Gasteiger partial charge in [-0.3, -0.25) is 0 Å². The van der Waals surface area contributed by atoms with Crippen LogP contribution >= 0.6 is 12.4 Å². The predicted molar refractivity (Wildman–Crippen MR) is 64.4 cm³/mol. The molecule has 0 bridgehead atoms. The number of nitrogens with two attached hydrogens (primary N) is 1. The number of hydrogen-bond acceptors (Lipinski definition) is 3. The summed E-state index contributed by atoms with van der Waals surface area (Å²) < 4.78 is 5.18. The molecule has 0 radical (unpaired) electrons. The van der Waals surface area contributed by atoms with E-state index in [1.807, 2.05) is 34.6 Å². The minimum atomic E-state index is -0.454. The minimum Gasteiger partial charge on any atom is -0.444 e. The van der Waals surface area contributed by atoms with Crippen molar-refractivity contribution in [2.75, 3.05) is 13.6 Å². The Labute approximate surface area is 98.6 Å². The highest BCUT2D eigenvalue weighted by Gasteiger charge is 2.23. The summed E-state index contributed by atoms with van der Waals surface area (Å²) >= 11 is 0. The van der Waals surface area contributed by atoms with Crippen LogP contribution in [0.25, 0.3) is 0 Å². The third-order valence-corrected chi connectivity index (χ3v) is 1.35. The summed E-state index contributed by atoms with van der Waals surface area (Å²) in [5, 5.41) is 0. The molecular weight excluding hydrogens is 216 g/mol. The van der Waals surface area contributed by atoms with E-state index in [4.69, 9.17) is 10.5 Å². The van der Waals surface area contributed by atoms with Gasteiger partial charge in [0.25, 0.3) is 0 Å². The van der Waals surface area contributed by atoms with Crippen LogP contribution in [0.1, 0.15) is 34.6 Å². The lowest BCUT2D eigenvalue weighted by Gasteiger charge is -2.29. The fourth-order valence-corrected chi connectivity index (χ4v) is 1.02. The lowest BCUT2D eigenvalue weighted by atomic mass is 10.1. The topological polar surface area (TPSA) is 55.6 Å². The highest BCUT2D eigenvalue weighted by molar-refractivity contribution is 5.85. The SMILES string of the molecule is CN(CC(C)(C)N)C(=O)OC(C)(C)C.Cl. The van der Waals surface area contributed by atoms with Gasteiger partial charge >= 0.3 is 6.09 Å². The van der Waals surface area contributed by atoms with Crippen LogP contribution in [0, 0.1) is 0 Å². The van der Waals surface area contributed by atoms with Crippen molar-refractivity contribution in [3.8, 4) is 0 Å². The molecule has 15 heavy (non-hydrogen) atoms. The first-order valence-electron chi connectivity index (χ1n) is 4.74. The molecule has 0 rings (SSSR count). The van der Waals surface area contributed by atoms with Gasteiger partial charge in [-0.2, -0.15) is 0 Å². The molecule has 0 aromatic heterocycles. The molecule has 1 amide bonds. The van der Waals surface area contributed by atoms with E-state index in [2.05, 4.69) is 0 Å². The number of halogens is 1. The fraction of sp³-hybridized carbons (Fsp3) is 0.900. The molecule has 0 aliphatic rings. The Morgan fingerprint density at radius 3 is 1.93 bits per heavy atom. The Kier molecular flexibility index (Phi) is 6.28. The van der Waals surface area contributed by atoms with Gasteiger partial charge in [-0.15, -0.1) is 12.4 Å². The molecule has 0 aromatic rings. The standard InChI is InChI=1S/C10H22N2O2.ClH/c1-9(2,3)14-8(13)12(6)7-10(4,5)11;/h7,11H2,1-6H3;1H. The van der Waals surface area contributed by atoms with Gasteiger partial charge in [-0.25, -0.2) is 4.79 Å². The molecule has 4 nitrogen and oxygen atoms in total. The zero-order chi connectivity index (χ0) is 11.6. The van der Waals surface area contributed by atoms with Crippen LogP contribution < -0.4 is 5.73 Å². The maximum absolute atomic E-state index is 11.5. The number of carbonyl (C=O) groups excluding carboxylic acids is 1. The molecule has 0 fully saturated rings. The summed E-state index contributed by atoms with van der Waals surface area (Å²) in [6.45, 7) is 9.73. The van der Waals surface area contributed by atoms with Crippen LogP contribution in [0.15, 0.2) is 0 Å². The highest BCUT2D eigenvalue weighted by Crippen LogP contribution is 2.10. The van der Waals surface area contributed by atoms with Gasteiger partial charge in [-0.1, -0.05) is 0 Å². The van der Waals surface area contributed by atoms with Crippen LogP contribution in [0.4, 0.5) is 4.79 Å². The Balaban J connectivity index is 0. The van der Waals surface area contributed by atoms with E-state index in [0.717, 1.165) is 0 Å². The summed E-state index contributed by atoms with van der Waals surface area (Å²) in [6.07, 6.45) is -0.337. The van der Waals surface area contributed by atoms with E-state index < -0.39 is 11.1 Å². The molecular formula is C10H23ClN2O2. The Morgan fingerprint density at radius 2 is 1.67 bits per heavy atom. The van der Waals surface area contributed by atoms with Gasteiger partial charge in [0.15, 0.2) is 0 Å². The van der Waals surface area contributed by atoms with Gasteiger partial charge < -0.3 is 15.4 Å². The van der Waals surface area contributed by atoms with E-state index in [1.165, 1.54) is 4.90 Å². The second-order valence-corrected chi connectivity index (χ2v) is 5.32. The Hall–Kier alpha value is -0.480. The van der Waals surface area contributed by atoms with Crippen LogP contribution in [0.3, 0.4) is 0 Å². The van der Waals surface area contributed by atoms with Crippen molar-refractivity contribution in [3.63, 3.8) is 0 Å². The maximum Gasteiger partial charge on any atom is 0.410 e. The third-order valence-electron chi connectivity index (χ3n) is 1.35. The predicted octanol–water partition coefficient (Wildman–Crippen LogP) is 2.01. The average Bonchev–Trinajstić information content (AvgIpc) is 1.78. The first-order chi connectivity index (χ1) is 6.01. The summed E-state index contributed by atoms with van der Waals surface area (Å²) in [4.78, 5) is 13.0. The largest absolute Gasteiger partial charge is 0.444 e. The van der Waals surface area contributed by atoms with Crippen molar-refractivity contribution >= 4 is 18.5 Å². The first kappa shape index (κ1) is 16.9. The number of amides is 1. The van der Waals surface area contributed by atoms with Crippen LogP contribution in [-0.4, -0.2) is 35.7 Å². The summed E-state index contributed by atoms with van der Waals surface area (Å²) in [7, 11) is 1.68. The Morgan fingerprint density at radius 1 is 1.27 bits per heavy atom. The van der Waals surface area contributed by atoms with Crippen LogP contribution in [0.5, 0.6) is 0 Å². The van der Waals surface area contributed by atoms with Gasteiger partial charge in [-0.05, 0) is 34.6 Å². The fourth-order valence-electron chi connectivity index (χ4n) is 1.02. The lowest BCUT2D eigenvalue weighted by molar-refractivity contribution is 0.0270. The summed E-state index contributed by atoms with van der Waals surface area (Å²) in [5.74, 6) is 0. The molecule has 0 spiro atoms. The van der Waals surface area contributed by atoms with E-state index in [-0.39, 0.29) is 18.5 Å². The number of rotatable bonds is 2. The molecule has 0 aromatic carbocycles.